The van der Waals surface area contributed by atoms with Crippen molar-refractivity contribution in [2.24, 2.45) is 0 Å². The molecule has 29 heavy (non-hydrogen) atoms. The van der Waals surface area contributed by atoms with Crippen LogP contribution in [0, 0.1) is 0 Å². The first-order valence-electron chi connectivity index (χ1n) is 9.84. The van der Waals surface area contributed by atoms with Crippen molar-refractivity contribution in [2.45, 2.75) is 13.5 Å². The van der Waals surface area contributed by atoms with Crippen LogP contribution in [0.25, 0.3) is 0 Å². The van der Waals surface area contributed by atoms with E-state index in [1.807, 2.05) is 59.5 Å². The number of carbonyl (C=O) groups excluding carboxylic acids is 2. The van der Waals surface area contributed by atoms with Crippen LogP contribution in [-0.4, -0.2) is 61.1 Å². The number of rotatable bonds is 7. The normalized spacial score (nSPS) is 14.3. The van der Waals surface area contributed by atoms with Crippen LogP contribution in [0.4, 0.5) is 10.5 Å². The van der Waals surface area contributed by atoms with Gasteiger partial charge in [0.05, 0.1) is 13.2 Å². The summed E-state index contributed by atoms with van der Waals surface area (Å²) in [6, 6.07) is 17.2. The Morgan fingerprint density at radius 2 is 1.66 bits per heavy atom. The summed E-state index contributed by atoms with van der Waals surface area (Å²) in [5.74, 6) is 0.527. The van der Waals surface area contributed by atoms with Gasteiger partial charge < -0.3 is 19.7 Å². The van der Waals surface area contributed by atoms with E-state index in [9.17, 15) is 9.59 Å². The maximum Gasteiger partial charge on any atom is 0.321 e. The number of amides is 2. The molecule has 154 valence electrons. The molecule has 2 aromatic rings. The predicted molar refractivity (Wildman–Crippen MR) is 111 cm³/mol. The number of nitrogens with zero attached hydrogens (tertiary/aromatic N) is 2. The van der Waals surface area contributed by atoms with Gasteiger partial charge in [0, 0.05) is 31.9 Å². The zero-order valence-electron chi connectivity index (χ0n) is 16.7. The number of anilines is 1. The Kier molecular flexibility index (Phi) is 7.47. The van der Waals surface area contributed by atoms with Crippen molar-refractivity contribution in [1.82, 2.24) is 9.80 Å². The van der Waals surface area contributed by atoms with E-state index >= 15 is 0 Å². The van der Waals surface area contributed by atoms with Crippen molar-refractivity contribution in [3.63, 3.8) is 0 Å². The molecule has 0 aromatic heterocycles. The van der Waals surface area contributed by atoms with Crippen molar-refractivity contribution < 1.29 is 19.1 Å². The van der Waals surface area contributed by atoms with Crippen LogP contribution in [0.1, 0.15) is 12.5 Å². The fraction of sp³-hybridized carbons (Fsp3) is 0.364. The molecule has 1 aliphatic rings. The molecule has 7 heteroatoms. The van der Waals surface area contributed by atoms with Gasteiger partial charge in [-0.15, -0.1) is 0 Å². The van der Waals surface area contributed by atoms with Crippen molar-refractivity contribution >= 4 is 17.7 Å². The quantitative estimate of drug-likeness (QED) is 0.728. The van der Waals surface area contributed by atoms with Gasteiger partial charge >= 0.3 is 12.0 Å². The van der Waals surface area contributed by atoms with Crippen LogP contribution >= 0.6 is 0 Å². The molecule has 0 spiro atoms. The summed E-state index contributed by atoms with van der Waals surface area (Å²) in [5.41, 5.74) is 1.82. The number of carbonyl (C=O) groups is 2. The smallest absolute Gasteiger partial charge is 0.321 e. The molecule has 3 rings (SSSR count). The van der Waals surface area contributed by atoms with Gasteiger partial charge in [-0.05, 0) is 36.8 Å². The van der Waals surface area contributed by atoms with E-state index in [1.54, 1.807) is 11.8 Å². The molecule has 2 aromatic carbocycles. The molecular formula is C22H27N3O4. The van der Waals surface area contributed by atoms with Crippen LogP contribution in [0.3, 0.4) is 0 Å². The SMILES string of the molecule is CCOC(=O)CN1CCN(C(=O)Nc2ccc(OCc3ccccc3)cc2)CC1. The van der Waals surface area contributed by atoms with Crippen LogP contribution in [0.15, 0.2) is 54.6 Å². The summed E-state index contributed by atoms with van der Waals surface area (Å²) < 4.78 is 10.7. The van der Waals surface area contributed by atoms with Crippen LogP contribution in [-0.2, 0) is 16.1 Å². The molecular weight excluding hydrogens is 370 g/mol. The van der Waals surface area contributed by atoms with Crippen LogP contribution < -0.4 is 10.1 Å². The molecule has 0 aliphatic carbocycles. The van der Waals surface area contributed by atoms with E-state index in [-0.39, 0.29) is 18.5 Å². The maximum atomic E-state index is 12.5. The van der Waals surface area contributed by atoms with Crippen molar-refractivity contribution in [3.05, 3.63) is 60.2 Å². The molecule has 0 unspecified atom stereocenters. The molecule has 1 aliphatic heterocycles. The highest BCUT2D eigenvalue weighted by Gasteiger charge is 2.22. The van der Waals surface area contributed by atoms with Gasteiger partial charge in [-0.25, -0.2) is 4.79 Å². The Hall–Kier alpha value is -3.06. The minimum atomic E-state index is -0.222. The minimum Gasteiger partial charge on any atom is -0.489 e. The lowest BCUT2D eigenvalue weighted by atomic mass is 10.2. The number of benzene rings is 2. The lowest BCUT2D eigenvalue weighted by Gasteiger charge is -2.34. The first-order chi connectivity index (χ1) is 14.1. The number of ether oxygens (including phenoxy) is 2. The lowest BCUT2D eigenvalue weighted by Crippen LogP contribution is -2.51. The molecule has 0 saturated carbocycles. The van der Waals surface area contributed by atoms with Gasteiger partial charge in [-0.1, -0.05) is 30.3 Å². The number of piperazine rings is 1. The molecule has 2 amide bonds. The third-order valence-electron chi connectivity index (χ3n) is 4.67. The van der Waals surface area contributed by atoms with Gasteiger partial charge in [-0.3, -0.25) is 9.69 Å². The highest BCUT2D eigenvalue weighted by Crippen LogP contribution is 2.18. The molecule has 0 atom stereocenters. The standard InChI is InChI=1S/C22H27N3O4/c1-2-28-21(26)16-24-12-14-25(15-13-24)22(27)23-19-8-10-20(11-9-19)29-17-18-6-4-3-5-7-18/h3-11H,2,12-17H2,1H3,(H,23,27). The molecule has 1 fully saturated rings. The van der Waals surface area contributed by atoms with E-state index in [0.29, 0.717) is 39.4 Å². The summed E-state index contributed by atoms with van der Waals surface area (Å²) in [4.78, 5) is 27.8. The Labute approximate surface area is 171 Å². The van der Waals surface area contributed by atoms with Crippen LogP contribution in [0.5, 0.6) is 5.75 Å². The molecule has 0 bridgehead atoms. The molecule has 1 N–H and O–H groups in total. The molecule has 7 nitrogen and oxygen atoms in total. The van der Waals surface area contributed by atoms with Crippen LogP contribution in [0.2, 0.25) is 0 Å². The number of urea groups is 1. The fourth-order valence-corrected chi connectivity index (χ4v) is 3.08. The minimum absolute atomic E-state index is 0.140. The lowest BCUT2D eigenvalue weighted by molar-refractivity contribution is -0.144. The maximum absolute atomic E-state index is 12.5. The second-order valence-electron chi connectivity index (χ2n) is 6.80. The predicted octanol–water partition coefficient (Wildman–Crippen LogP) is 2.98. The van der Waals surface area contributed by atoms with Crippen molar-refractivity contribution in [3.8, 4) is 5.75 Å². The molecule has 1 saturated heterocycles. The zero-order chi connectivity index (χ0) is 20.5. The number of nitrogens with one attached hydrogen (secondary N) is 1. The summed E-state index contributed by atoms with van der Waals surface area (Å²) >= 11 is 0. The highest BCUT2D eigenvalue weighted by atomic mass is 16.5. The van der Waals surface area contributed by atoms with Crippen molar-refractivity contribution in [1.29, 1.82) is 0 Å². The molecule has 0 radical (unpaired) electrons. The zero-order valence-corrected chi connectivity index (χ0v) is 16.7. The van der Waals surface area contributed by atoms with Gasteiger partial charge in [-0.2, -0.15) is 0 Å². The van der Waals surface area contributed by atoms with Gasteiger partial charge in [0.15, 0.2) is 0 Å². The number of hydrogen-bond donors (Lipinski definition) is 1. The summed E-state index contributed by atoms with van der Waals surface area (Å²) in [6.45, 7) is 5.40. The average molecular weight is 397 g/mol. The summed E-state index contributed by atoms with van der Waals surface area (Å²) in [5, 5.41) is 2.91. The third kappa shape index (κ3) is 6.50. The van der Waals surface area contributed by atoms with E-state index in [1.165, 1.54) is 0 Å². The Morgan fingerprint density at radius 3 is 2.31 bits per heavy atom. The van der Waals surface area contributed by atoms with Gasteiger partial charge in [0.2, 0.25) is 0 Å². The highest BCUT2D eigenvalue weighted by molar-refractivity contribution is 5.89. The first kappa shape index (κ1) is 20.7. The summed E-state index contributed by atoms with van der Waals surface area (Å²) in [7, 11) is 0. The number of esters is 1. The Balaban J connectivity index is 1.42. The monoisotopic (exact) mass is 397 g/mol. The first-order valence-corrected chi connectivity index (χ1v) is 9.84. The topological polar surface area (TPSA) is 71.1 Å². The largest absolute Gasteiger partial charge is 0.489 e. The van der Waals surface area contributed by atoms with E-state index in [4.69, 9.17) is 9.47 Å². The fourth-order valence-electron chi connectivity index (χ4n) is 3.08. The average Bonchev–Trinajstić information content (AvgIpc) is 2.74. The molecule has 1 heterocycles. The summed E-state index contributed by atoms with van der Waals surface area (Å²) in [6.07, 6.45) is 0. The van der Waals surface area contributed by atoms with Crippen molar-refractivity contribution in [2.75, 3.05) is 44.6 Å². The van der Waals surface area contributed by atoms with Gasteiger partial charge in [0.1, 0.15) is 12.4 Å². The van der Waals surface area contributed by atoms with E-state index < -0.39 is 0 Å². The Bertz CT molecular complexity index is 787. The second kappa shape index (κ2) is 10.5. The van der Waals surface area contributed by atoms with E-state index in [0.717, 1.165) is 17.0 Å². The number of hydrogen-bond acceptors (Lipinski definition) is 5. The van der Waals surface area contributed by atoms with Gasteiger partial charge in [0.25, 0.3) is 0 Å². The third-order valence-corrected chi connectivity index (χ3v) is 4.67. The van der Waals surface area contributed by atoms with E-state index in [2.05, 4.69) is 5.32 Å². The Morgan fingerprint density at radius 1 is 0.966 bits per heavy atom. The second-order valence-corrected chi connectivity index (χ2v) is 6.80.